The first kappa shape index (κ1) is 14.6. The third-order valence-corrected chi connectivity index (χ3v) is 4.80. The molecule has 0 amide bonds. The first-order valence-electron chi connectivity index (χ1n) is 7.46. The summed E-state index contributed by atoms with van der Waals surface area (Å²) in [6, 6.07) is 5.62. The van der Waals surface area contributed by atoms with Crippen LogP contribution in [-0.2, 0) is 0 Å². The third kappa shape index (κ3) is 2.98. The number of hydrogen-bond acceptors (Lipinski definition) is 1. The summed E-state index contributed by atoms with van der Waals surface area (Å²) in [6.07, 6.45) is 10.5. The topological polar surface area (TPSA) is 26.9 Å². The second kappa shape index (κ2) is 5.45. The van der Waals surface area contributed by atoms with Crippen LogP contribution in [0.5, 0.6) is 0 Å². The average Bonchev–Trinajstić information content (AvgIpc) is 2.59. The summed E-state index contributed by atoms with van der Waals surface area (Å²) in [4.78, 5) is 0. The molecule has 21 heavy (non-hydrogen) atoms. The molecule has 2 aliphatic carbocycles. The van der Waals surface area contributed by atoms with Gasteiger partial charge in [-0.15, -0.1) is 0 Å². The molecule has 3 rings (SSSR count). The summed E-state index contributed by atoms with van der Waals surface area (Å²) >= 11 is 3.66. The van der Waals surface area contributed by atoms with Crippen molar-refractivity contribution in [2.45, 2.75) is 39.5 Å². The molecule has 0 aliphatic heterocycles. The number of nitrogens with zero attached hydrogens (tertiary/aromatic N) is 1. The molecule has 2 aliphatic rings. The zero-order valence-electron chi connectivity index (χ0n) is 12.5. The third-order valence-electron chi connectivity index (χ3n) is 4.17. The Bertz CT molecular complexity index is 668. The minimum atomic E-state index is 0.0989. The first-order valence-corrected chi connectivity index (χ1v) is 8.25. The highest BCUT2D eigenvalue weighted by molar-refractivity contribution is 9.11. The van der Waals surface area contributed by atoms with Crippen LogP contribution < -0.4 is 4.73 Å². The lowest BCUT2D eigenvalue weighted by molar-refractivity contribution is -0.608. The maximum atomic E-state index is 12.2. The molecule has 1 aromatic rings. The fourth-order valence-corrected chi connectivity index (χ4v) is 3.82. The molecule has 0 saturated carbocycles. The van der Waals surface area contributed by atoms with E-state index in [1.807, 2.05) is 12.1 Å². The molecule has 3 heteroatoms. The van der Waals surface area contributed by atoms with Gasteiger partial charge in [0.25, 0.3) is 0 Å². The van der Waals surface area contributed by atoms with Gasteiger partial charge >= 0.3 is 0 Å². The highest BCUT2D eigenvalue weighted by Crippen LogP contribution is 2.44. The van der Waals surface area contributed by atoms with Crippen molar-refractivity contribution in [2.24, 2.45) is 5.41 Å². The van der Waals surface area contributed by atoms with E-state index in [-0.39, 0.29) is 5.41 Å². The van der Waals surface area contributed by atoms with E-state index in [9.17, 15) is 5.21 Å². The lowest BCUT2D eigenvalue weighted by Crippen LogP contribution is -2.32. The van der Waals surface area contributed by atoms with Crippen molar-refractivity contribution in [1.29, 1.82) is 0 Å². The minimum absolute atomic E-state index is 0.0989. The molecule has 0 spiro atoms. The maximum Gasteiger partial charge on any atom is 0.224 e. The van der Waals surface area contributed by atoms with Gasteiger partial charge in [0.1, 0.15) is 0 Å². The van der Waals surface area contributed by atoms with E-state index in [4.69, 9.17) is 0 Å². The van der Waals surface area contributed by atoms with Crippen LogP contribution in [0.15, 0.2) is 52.2 Å². The first-order chi connectivity index (χ1) is 9.96. The van der Waals surface area contributed by atoms with Crippen molar-refractivity contribution in [1.82, 2.24) is 0 Å². The molecule has 2 nitrogen and oxygen atoms in total. The van der Waals surface area contributed by atoms with E-state index >= 15 is 0 Å². The van der Waals surface area contributed by atoms with Gasteiger partial charge in [0.15, 0.2) is 6.20 Å². The number of pyridine rings is 1. The number of hydrogen-bond donors (Lipinski definition) is 0. The minimum Gasteiger partial charge on any atom is -0.618 e. The van der Waals surface area contributed by atoms with Crippen molar-refractivity contribution < 1.29 is 4.73 Å². The van der Waals surface area contributed by atoms with Crippen LogP contribution in [0.2, 0.25) is 0 Å². The van der Waals surface area contributed by atoms with E-state index in [1.54, 1.807) is 12.3 Å². The summed E-state index contributed by atoms with van der Waals surface area (Å²) in [5, 5.41) is 12.2. The fourth-order valence-electron chi connectivity index (χ4n) is 3.31. The average molecular weight is 346 g/mol. The van der Waals surface area contributed by atoms with Gasteiger partial charge in [-0.2, -0.15) is 4.73 Å². The van der Waals surface area contributed by atoms with Gasteiger partial charge in [0.2, 0.25) is 5.69 Å². The quantitative estimate of drug-likeness (QED) is 0.525. The molecule has 110 valence electrons. The van der Waals surface area contributed by atoms with Crippen molar-refractivity contribution >= 4 is 21.5 Å². The van der Waals surface area contributed by atoms with Gasteiger partial charge in [-0.25, -0.2) is 0 Å². The zero-order chi connectivity index (χ0) is 15.0. The zero-order valence-corrected chi connectivity index (χ0v) is 14.1. The molecule has 0 atom stereocenters. The summed E-state index contributed by atoms with van der Waals surface area (Å²) in [7, 11) is 0. The van der Waals surface area contributed by atoms with Crippen molar-refractivity contribution in [2.75, 3.05) is 0 Å². The molecule has 0 radical (unpaired) electrons. The van der Waals surface area contributed by atoms with E-state index in [1.165, 1.54) is 22.0 Å². The highest BCUT2D eigenvalue weighted by Gasteiger charge is 2.30. The molecule has 0 bridgehead atoms. The van der Waals surface area contributed by atoms with Gasteiger partial charge in [-0.1, -0.05) is 41.4 Å². The largest absolute Gasteiger partial charge is 0.618 e. The van der Waals surface area contributed by atoms with E-state index in [0.717, 1.165) is 35.3 Å². The Hall–Kier alpha value is -1.35. The summed E-state index contributed by atoms with van der Waals surface area (Å²) in [6.45, 7) is 4.50. The Balaban J connectivity index is 2.19. The van der Waals surface area contributed by atoms with Crippen LogP contribution in [-0.4, -0.2) is 0 Å². The van der Waals surface area contributed by atoms with Crippen molar-refractivity contribution in [3.8, 4) is 0 Å². The summed E-state index contributed by atoms with van der Waals surface area (Å²) < 4.78 is 2.20. The molecule has 1 aromatic heterocycles. The Kier molecular flexibility index (Phi) is 3.78. The van der Waals surface area contributed by atoms with Crippen LogP contribution >= 0.6 is 15.9 Å². The molecule has 0 aromatic carbocycles. The van der Waals surface area contributed by atoms with Gasteiger partial charge in [-0.3, -0.25) is 0 Å². The van der Waals surface area contributed by atoms with Crippen LogP contribution in [0.1, 0.15) is 45.2 Å². The second-order valence-corrected chi connectivity index (χ2v) is 7.62. The van der Waals surface area contributed by atoms with Crippen LogP contribution in [0.3, 0.4) is 0 Å². The Morgan fingerprint density at radius 3 is 2.81 bits per heavy atom. The SMILES string of the molecule is CC1(C)C=C(c2cccc[n+]2[O-])C2=C(CCCC(Br)=C2)C1. The summed E-state index contributed by atoms with van der Waals surface area (Å²) in [5.74, 6) is 0. The molecular formula is C18H20BrNO. The molecular weight excluding hydrogens is 326 g/mol. The smallest absolute Gasteiger partial charge is 0.224 e. The van der Waals surface area contributed by atoms with Crippen LogP contribution in [0.4, 0.5) is 0 Å². The van der Waals surface area contributed by atoms with Gasteiger partial charge in [-0.05, 0) is 53.3 Å². The maximum absolute atomic E-state index is 12.2. The Morgan fingerprint density at radius 1 is 1.24 bits per heavy atom. The van der Waals surface area contributed by atoms with Crippen molar-refractivity contribution in [3.63, 3.8) is 0 Å². The lowest BCUT2D eigenvalue weighted by atomic mass is 9.74. The van der Waals surface area contributed by atoms with Gasteiger partial charge in [0.05, 0.1) is 5.57 Å². The number of rotatable bonds is 1. The van der Waals surface area contributed by atoms with Gasteiger partial charge in [0, 0.05) is 12.1 Å². The number of allylic oxidation sites excluding steroid dienone is 6. The fraction of sp³-hybridized carbons (Fsp3) is 0.389. The molecule has 0 saturated heterocycles. The normalized spacial score (nSPS) is 21.3. The Labute approximate surface area is 134 Å². The highest BCUT2D eigenvalue weighted by atomic mass is 79.9. The van der Waals surface area contributed by atoms with Crippen LogP contribution in [0, 0.1) is 10.6 Å². The van der Waals surface area contributed by atoms with E-state index in [0.29, 0.717) is 0 Å². The van der Waals surface area contributed by atoms with E-state index in [2.05, 4.69) is 41.9 Å². The second-order valence-electron chi connectivity index (χ2n) is 6.60. The predicted octanol–water partition coefficient (Wildman–Crippen LogP) is 4.89. The summed E-state index contributed by atoms with van der Waals surface area (Å²) in [5.41, 5.74) is 4.65. The number of aromatic nitrogens is 1. The lowest BCUT2D eigenvalue weighted by Gasteiger charge is -2.30. The van der Waals surface area contributed by atoms with Crippen molar-refractivity contribution in [3.05, 3.63) is 63.1 Å². The Morgan fingerprint density at radius 2 is 2.05 bits per heavy atom. The predicted molar refractivity (Wildman–Crippen MR) is 89.7 cm³/mol. The van der Waals surface area contributed by atoms with E-state index < -0.39 is 0 Å². The molecule has 1 heterocycles. The molecule has 0 unspecified atom stereocenters. The monoisotopic (exact) mass is 345 g/mol. The number of halogens is 1. The van der Waals surface area contributed by atoms with Crippen LogP contribution in [0.25, 0.3) is 5.57 Å². The standard InChI is InChI=1S/C18H20BrNO/c1-18(2)11-13-6-5-7-14(19)10-15(13)16(12-18)17-8-3-4-9-20(17)21/h3-4,8-10,12H,5-7,11H2,1-2H3. The van der Waals surface area contributed by atoms with Gasteiger partial charge < -0.3 is 5.21 Å². The molecule has 0 fully saturated rings. The molecule has 0 N–H and O–H groups in total.